The summed E-state index contributed by atoms with van der Waals surface area (Å²) in [6, 6.07) is 8.81. The van der Waals surface area contributed by atoms with Gasteiger partial charge in [-0.2, -0.15) is 0 Å². The van der Waals surface area contributed by atoms with Gasteiger partial charge in [-0.1, -0.05) is 37.6 Å². The minimum absolute atomic E-state index is 0.0216. The van der Waals surface area contributed by atoms with Crippen molar-refractivity contribution in [2.24, 2.45) is 0 Å². The second-order valence-corrected chi connectivity index (χ2v) is 10.2. The molecule has 2 heterocycles. The molecule has 1 aromatic carbocycles. The maximum atomic E-state index is 13.1. The number of aromatic nitrogens is 2. The molecule has 174 valence electrons. The third-order valence-electron chi connectivity index (χ3n) is 7.02. The summed E-state index contributed by atoms with van der Waals surface area (Å²) in [7, 11) is 0. The van der Waals surface area contributed by atoms with Gasteiger partial charge in [-0.15, -0.1) is 0 Å². The standard InChI is InChI=1S/C26H39N5O/c1-4-9-23(28-22-13-12-20-10-5-6-11-21(20)16-22)25(32)29-24-17-31(19-27-24)26(2,3)18-30-14-7-8-15-30/h5-6,10-11,17,19,22-23,28H,4,7-9,12-16,18H2,1-3H3,(H,29,32)/t22-,23-/m0/s1. The fourth-order valence-electron chi connectivity index (χ4n) is 5.20. The molecule has 1 aliphatic heterocycles. The largest absolute Gasteiger partial charge is 0.328 e. The van der Waals surface area contributed by atoms with Crippen molar-refractivity contribution in [2.45, 2.75) is 83.3 Å². The number of likely N-dealkylation sites (tertiary alicyclic amines) is 1. The molecule has 1 aliphatic carbocycles. The minimum atomic E-state index is -0.196. The van der Waals surface area contributed by atoms with Crippen molar-refractivity contribution in [1.29, 1.82) is 0 Å². The molecule has 2 aliphatic rings. The number of rotatable bonds is 9. The van der Waals surface area contributed by atoms with E-state index in [4.69, 9.17) is 0 Å². The van der Waals surface area contributed by atoms with Gasteiger partial charge in [0.25, 0.3) is 0 Å². The molecule has 6 nitrogen and oxygen atoms in total. The van der Waals surface area contributed by atoms with E-state index in [9.17, 15) is 4.79 Å². The smallest absolute Gasteiger partial charge is 0.242 e. The van der Waals surface area contributed by atoms with Crippen molar-refractivity contribution >= 4 is 11.7 Å². The summed E-state index contributed by atoms with van der Waals surface area (Å²) in [4.78, 5) is 20.1. The predicted molar refractivity (Wildman–Crippen MR) is 130 cm³/mol. The summed E-state index contributed by atoms with van der Waals surface area (Å²) in [5.41, 5.74) is 2.80. The van der Waals surface area contributed by atoms with E-state index in [2.05, 4.69) is 70.1 Å². The van der Waals surface area contributed by atoms with E-state index in [0.717, 1.165) is 38.6 Å². The molecule has 0 unspecified atom stereocenters. The number of nitrogens with one attached hydrogen (secondary N) is 2. The van der Waals surface area contributed by atoms with Gasteiger partial charge < -0.3 is 20.1 Å². The first-order valence-electron chi connectivity index (χ1n) is 12.3. The molecular formula is C26H39N5O. The number of amides is 1. The van der Waals surface area contributed by atoms with Crippen LogP contribution in [-0.2, 0) is 23.2 Å². The Labute approximate surface area is 192 Å². The van der Waals surface area contributed by atoms with Crippen LogP contribution in [0.25, 0.3) is 0 Å². The van der Waals surface area contributed by atoms with Gasteiger partial charge in [-0.3, -0.25) is 4.79 Å². The summed E-state index contributed by atoms with van der Waals surface area (Å²) >= 11 is 0. The fraction of sp³-hybridized carbons (Fsp3) is 0.615. The number of imidazole rings is 1. The highest BCUT2D eigenvalue weighted by Crippen LogP contribution is 2.23. The van der Waals surface area contributed by atoms with Gasteiger partial charge in [0.2, 0.25) is 5.91 Å². The molecule has 0 spiro atoms. The Balaban J connectivity index is 1.36. The maximum absolute atomic E-state index is 13.1. The van der Waals surface area contributed by atoms with Crippen LogP contribution in [0.15, 0.2) is 36.8 Å². The monoisotopic (exact) mass is 437 g/mol. The number of hydrogen-bond donors (Lipinski definition) is 2. The summed E-state index contributed by atoms with van der Waals surface area (Å²) in [6.07, 6.45) is 11.3. The van der Waals surface area contributed by atoms with Crippen LogP contribution in [0.5, 0.6) is 0 Å². The highest BCUT2D eigenvalue weighted by molar-refractivity contribution is 5.94. The van der Waals surface area contributed by atoms with Crippen molar-refractivity contribution in [2.75, 3.05) is 25.0 Å². The number of hydrogen-bond acceptors (Lipinski definition) is 4. The SMILES string of the molecule is CCC[C@H](N[C@H]1CCc2ccccc2C1)C(=O)Nc1cn(C(C)(C)CN2CCCC2)cn1. The lowest BCUT2D eigenvalue weighted by atomic mass is 9.88. The zero-order chi connectivity index (χ0) is 22.6. The zero-order valence-electron chi connectivity index (χ0n) is 19.9. The molecule has 0 saturated carbocycles. The normalized spacial score (nSPS) is 20.2. The Morgan fingerprint density at radius 1 is 1.22 bits per heavy atom. The maximum Gasteiger partial charge on any atom is 0.242 e. The number of benzene rings is 1. The van der Waals surface area contributed by atoms with Crippen molar-refractivity contribution in [3.05, 3.63) is 47.9 Å². The highest BCUT2D eigenvalue weighted by Gasteiger charge is 2.27. The van der Waals surface area contributed by atoms with Gasteiger partial charge in [-0.05, 0) is 76.6 Å². The topological polar surface area (TPSA) is 62.2 Å². The second-order valence-electron chi connectivity index (χ2n) is 10.2. The van der Waals surface area contributed by atoms with Gasteiger partial charge in [0.15, 0.2) is 5.82 Å². The van der Waals surface area contributed by atoms with Crippen LogP contribution in [0, 0.1) is 0 Å². The van der Waals surface area contributed by atoms with Crippen LogP contribution in [0.4, 0.5) is 5.82 Å². The summed E-state index contributed by atoms with van der Waals surface area (Å²) in [5.74, 6) is 0.662. The Morgan fingerprint density at radius 3 is 2.72 bits per heavy atom. The van der Waals surface area contributed by atoms with Crippen LogP contribution in [0.2, 0.25) is 0 Å². The number of fused-ring (bicyclic) bond motifs is 1. The number of aryl methyl sites for hydroxylation is 1. The second kappa shape index (κ2) is 10.2. The Hall–Kier alpha value is -2.18. The van der Waals surface area contributed by atoms with E-state index < -0.39 is 0 Å². The molecule has 2 N–H and O–H groups in total. The summed E-state index contributed by atoms with van der Waals surface area (Å²) in [6.45, 7) is 9.96. The number of carbonyl (C=O) groups is 1. The van der Waals surface area contributed by atoms with Crippen molar-refractivity contribution in [3.8, 4) is 0 Å². The molecule has 4 rings (SSSR count). The molecule has 32 heavy (non-hydrogen) atoms. The van der Waals surface area contributed by atoms with Gasteiger partial charge in [0.1, 0.15) is 0 Å². The van der Waals surface area contributed by atoms with Gasteiger partial charge in [0.05, 0.1) is 17.9 Å². The van der Waals surface area contributed by atoms with E-state index in [-0.39, 0.29) is 17.5 Å². The molecule has 6 heteroatoms. The van der Waals surface area contributed by atoms with E-state index in [1.807, 2.05) is 12.5 Å². The number of nitrogens with zero attached hydrogens (tertiary/aromatic N) is 3. The Kier molecular flexibility index (Phi) is 7.31. The molecule has 1 fully saturated rings. The molecule has 0 radical (unpaired) electrons. The van der Waals surface area contributed by atoms with Gasteiger partial charge in [-0.25, -0.2) is 4.98 Å². The van der Waals surface area contributed by atoms with Crippen LogP contribution in [-0.4, -0.2) is 52.1 Å². The zero-order valence-corrected chi connectivity index (χ0v) is 19.9. The first-order valence-corrected chi connectivity index (χ1v) is 12.3. The molecule has 2 atom stereocenters. The average molecular weight is 438 g/mol. The lowest BCUT2D eigenvalue weighted by molar-refractivity contribution is -0.118. The lowest BCUT2D eigenvalue weighted by Crippen LogP contribution is -2.47. The summed E-state index contributed by atoms with van der Waals surface area (Å²) < 4.78 is 2.14. The van der Waals surface area contributed by atoms with Crippen molar-refractivity contribution in [3.63, 3.8) is 0 Å². The predicted octanol–water partition coefficient (Wildman–Crippen LogP) is 3.97. The van der Waals surface area contributed by atoms with E-state index in [0.29, 0.717) is 11.9 Å². The average Bonchev–Trinajstić information content (AvgIpc) is 3.45. The van der Waals surface area contributed by atoms with Crippen LogP contribution in [0.1, 0.15) is 64.0 Å². The molecule has 1 amide bonds. The molecule has 0 bridgehead atoms. The van der Waals surface area contributed by atoms with Gasteiger partial charge >= 0.3 is 0 Å². The number of anilines is 1. The highest BCUT2D eigenvalue weighted by atomic mass is 16.2. The first kappa shape index (κ1) is 23.0. The quantitative estimate of drug-likeness (QED) is 0.623. The lowest BCUT2D eigenvalue weighted by Gasteiger charge is -2.31. The molecule has 1 aromatic heterocycles. The third kappa shape index (κ3) is 5.59. The number of carbonyl (C=O) groups excluding carboxylic acids is 1. The van der Waals surface area contributed by atoms with Crippen molar-refractivity contribution in [1.82, 2.24) is 19.8 Å². The molecular weight excluding hydrogens is 398 g/mol. The van der Waals surface area contributed by atoms with Crippen LogP contribution >= 0.6 is 0 Å². The first-order chi connectivity index (χ1) is 15.4. The molecule has 1 saturated heterocycles. The fourth-order valence-corrected chi connectivity index (χ4v) is 5.20. The third-order valence-corrected chi connectivity index (χ3v) is 7.02. The van der Waals surface area contributed by atoms with Crippen molar-refractivity contribution < 1.29 is 4.79 Å². The van der Waals surface area contributed by atoms with Crippen LogP contribution < -0.4 is 10.6 Å². The molecule has 2 aromatic rings. The van der Waals surface area contributed by atoms with E-state index in [1.54, 1.807) is 0 Å². The van der Waals surface area contributed by atoms with E-state index in [1.165, 1.54) is 37.1 Å². The van der Waals surface area contributed by atoms with Gasteiger partial charge in [0, 0.05) is 18.8 Å². The summed E-state index contributed by atoms with van der Waals surface area (Å²) in [5, 5.41) is 6.72. The Morgan fingerprint density at radius 2 is 1.97 bits per heavy atom. The minimum Gasteiger partial charge on any atom is -0.328 e. The van der Waals surface area contributed by atoms with Crippen LogP contribution in [0.3, 0.4) is 0 Å². The van der Waals surface area contributed by atoms with E-state index >= 15 is 0 Å². The Bertz CT molecular complexity index is 899.